The number of hydrogen-bond acceptors (Lipinski definition) is 5. The first kappa shape index (κ1) is 15.2. The second-order valence-electron chi connectivity index (χ2n) is 5.28. The van der Waals surface area contributed by atoms with Crippen LogP contribution in [0.4, 0.5) is 0 Å². The third kappa shape index (κ3) is 2.56. The van der Waals surface area contributed by atoms with Crippen molar-refractivity contribution < 1.29 is 13.2 Å². The van der Waals surface area contributed by atoms with Gasteiger partial charge in [-0.05, 0) is 19.1 Å². The normalized spacial score (nSPS) is 15.8. The van der Waals surface area contributed by atoms with Gasteiger partial charge in [-0.15, -0.1) is 0 Å². The molecular formula is C14H17N3O3S2. The number of sulfone groups is 1. The van der Waals surface area contributed by atoms with Crippen LogP contribution < -0.4 is 0 Å². The second kappa shape index (κ2) is 5.51. The van der Waals surface area contributed by atoms with E-state index in [9.17, 15) is 13.2 Å². The Balaban J connectivity index is 1.75. The summed E-state index contributed by atoms with van der Waals surface area (Å²) in [5, 5.41) is 0.322. The van der Waals surface area contributed by atoms with Gasteiger partial charge in [0.25, 0.3) is 5.91 Å². The van der Waals surface area contributed by atoms with Crippen LogP contribution in [0.5, 0.6) is 0 Å². The summed E-state index contributed by atoms with van der Waals surface area (Å²) in [6.45, 7) is 4.00. The molecule has 0 aliphatic carbocycles. The monoisotopic (exact) mass is 339 g/mol. The Bertz CT molecular complexity index is 787. The molecule has 2 aromatic rings. The van der Waals surface area contributed by atoms with Crippen LogP contribution in [0.1, 0.15) is 22.3 Å². The minimum absolute atomic E-state index is 0.122. The van der Waals surface area contributed by atoms with Gasteiger partial charge in [-0.25, -0.2) is 13.4 Å². The maximum Gasteiger partial charge on any atom is 0.266 e. The van der Waals surface area contributed by atoms with Crippen molar-refractivity contribution in [2.24, 2.45) is 0 Å². The summed E-state index contributed by atoms with van der Waals surface area (Å²) >= 11 is 1.33. The first-order chi connectivity index (χ1) is 10.4. The van der Waals surface area contributed by atoms with E-state index in [1.165, 1.54) is 11.3 Å². The first-order valence-corrected chi connectivity index (χ1v) is 9.57. The Hall–Kier alpha value is -1.67. The predicted octanol–water partition coefficient (Wildman–Crippen LogP) is 1.50. The highest BCUT2D eigenvalue weighted by Crippen LogP contribution is 2.26. The van der Waals surface area contributed by atoms with Gasteiger partial charge >= 0.3 is 0 Å². The Kier molecular flexibility index (Phi) is 3.82. The molecule has 3 rings (SSSR count). The van der Waals surface area contributed by atoms with E-state index < -0.39 is 15.1 Å². The van der Waals surface area contributed by atoms with E-state index in [0.29, 0.717) is 10.6 Å². The fourth-order valence-corrected chi connectivity index (χ4v) is 4.65. The molecule has 2 aromatic heterocycles. The number of likely N-dealkylation sites (tertiary alicyclic amines) is 1. The molecule has 1 aliphatic heterocycles. The van der Waals surface area contributed by atoms with E-state index in [2.05, 4.69) is 4.98 Å². The quantitative estimate of drug-likeness (QED) is 0.846. The molecule has 0 aromatic carbocycles. The van der Waals surface area contributed by atoms with Gasteiger partial charge in [-0.3, -0.25) is 4.79 Å². The van der Waals surface area contributed by atoms with E-state index >= 15 is 0 Å². The van der Waals surface area contributed by atoms with Gasteiger partial charge in [0.1, 0.15) is 4.88 Å². The Morgan fingerprint density at radius 1 is 1.36 bits per heavy atom. The summed E-state index contributed by atoms with van der Waals surface area (Å²) in [6, 6.07) is 3.79. The fourth-order valence-electron chi connectivity index (χ4n) is 2.36. The van der Waals surface area contributed by atoms with E-state index in [0.717, 1.165) is 5.13 Å². The van der Waals surface area contributed by atoms with E-state index in [4.69, 9.17) is 0 Å². The number of amides is 1. The molecule has 0 N–H and O–H groups in total. The minimum atomic E-state index is -3.06. The highest BCUT2D eigenvalue weighted by Gasteiger charge is 2.39. The van der Waals surface area contributed by atoms with Crippen molar-refractivity contribution in [1.82, 2.24) is 14.5 Å². The molecule has 118 valence electrons. The third-order valence-corrected chi connectivity index (χ3v) is 7.13. The van der Waals surface area contributed by atoms with Crippen LogP contribution >= 0.6 is 11.3 Å². The smallest absolute Gasteiger partial charge is 0.266 e. The van der Waals surface area contributed by atoms with Crippen LogP contribution in [0.2, 0.25) is 0 Å². The minimum Gasteiger partial charge on any atom is -0.335 e. The van der Waals surface area contributed by atoms with Crippen LogP contribution in [0.3, 0.4) is 0 Å². The van der Waals surface area contributed by atoms with Gasteiger partial charge in [0.2, 0.25) is 0 Å². The van der Waals surface area contributed by atoms with Crippen molar-refractivity contribution in [1.29, 1.82) is 0 Å². The van der Waals surface area contributed by atoms with Gasteiger partial charge in [0, 0.05) is 31.2 Å². The topological polar surface area (TPSA) is 72.3 Å². The van der Waals surface area contributed by atoms with Gasteiger partial charge in [-0.1, -0.05) is 18.3 Å². The summed E-state index contributed by atoms with van der Waals surface area (Å²) in [6.07, 6.45) is 3.75. The Morgan fingerprint density at radius 2 is 2.00 bits per heavy atom. The molecule has 0 spiro atoms. The molecule has 0 saturated carbocycles. The summed E-state index contributed by atoms with van der Waals surface area (Å²) in [4.78, 5) is 19.1. The molecule has 1 saturated heterocycles. The molecular weight excluding hydrogens is 322 g/mol. The van der Waals surface area contributed by atoms with E-state index in [1.807, 2.05) is 29.1 Å². The maximum absolute atomic E-state index is 12.5. The molecule has 6 nitrogen and oxygen atoms in total. The van der Waals surface area contributed by atoms with Crippen molar-refractivity contribution in [3.63, 3.8) is 0 Å². The molecule has 1 aliphatic rings. The van der Waals surface area contributed by atoms with Crippen LogP contribution in [0, 0.1) is 6.92 Å². The largest absolute Gasteiger partial charge is 0.335 e. The molecule has 1 amide bonds. The Morgan fingerprint density at radius 3 is 2.59 bits per heavy atom. The molecule has 1 fully saturated rings. The van der Waals surface area contributed by atoms with Gasteiger partial charge in [0.05, 0.1) is 10.9 Å². The van der Waals surface area contributed by atoms with Crippen LogP contribution in [0.25, 0.3) is 5.13 Å². The molecule has 8 heteroatoms. The number of rotatable bonds is 4. The first-order valence-electron chi connectivity index (χ1n) is 7.04. The lowest BCUT2D eigenvalue weighted by atomic mass is 10.2. The third-order valence-electron chi connectivity index (χ3n) is 3.85. The number of hydrogen-bond donors (Lipinski definition) is 0. The summed E-state index contributed by atoms with van der Waals surface area (Å²) in [5.74, 6) is -0.00666. The van der Waals surface area contributed by atoms with Gasteiger partial charge in [0.15, 0.2) is 15.0 Å². The molecule has 3 heterocycles. The molecule has 0 unspecified atom stereocenters. The number of carbonyl (C=O) groups excluding carboxylic acids is 1. The number of carbonyl (C=O) groups is 1. The number of thiazole rings is 1. The lowest BCUT2D eigenvalue weighted by Crippen LogP contribution is -2.57. The number of aromatic nitrogens is 2. The van der Waals surface area contributed by atoms with Gasteiger partial charge in [-0.2, -0.15) is 0 Å². The summed E-state index contributed by atoms with van der Waals surface area (Å²) < 4.78 is 25.4. The number of nitrogens with zero attached hydrogens (tertiary/aromatic N) is 3. The van der Waals surface area contributed by atoms with Crippen LogP contribution in [-0.2, 0) is 9.84 Å². The average Bonchev–Trinajstić information content (AvgIpc) is 3.05. The SMILES string of the molecule is CCS(=O)(=O)C1CN(C(=O)c2sc(-n3cccc3)nc2C)C1. The van der Waals surface area contributed by atoms with Crippen LogP contribution in [-0.4, -0.2) is 52.9 Å². The lowest BCUT2D eigenvalue weighted by Gasteiger charge is -2.38. The zero-order valence-corrected chi connectivity index (χ0v) is 14.0. The van der Waals surface area contributed by atoms with Crippen molar-refractivity contribution in [3.8, 4) is 5.13 Å². The molecule has 22 heavy (non-hydrogen) atoms. The van der Waals surface area contributed by atoms with Crippen molar-refractivity contribution in [3.05, 3.63) is 35.1 Å². The maximum atomic E-state index is 12.5. The number of aryl methyl sites for hydroxylation is 1. The molecule has 0 bridgehead atoms. The molecule has 0 radical (unpaired) electrons. The van der Waals surface area contributed by atoms with E-state index in [1.54, 1.807) is 18.7 Å². The highest BCUT2D eigenvalue weighted by molar-refractivity contribution is 7.92. The van der Waals surface area contributed by atoms with Crippen molar-refractivity contribution in [2.45, 2.75) is 19.1 Å². The fraction of sp³-hybridized carbons (Fsp3) is 0.429. The Labute approximate surface area is 133 Å². The van der Waals surface area contributed by atoms with Crippen LogP contribution in [0.15, 0.2) is 24.5 Å². The lowest BCUT2D eigenvalue weighted by molar-refractivity contribution is 0.0663. The standard InChI is InChI=1S/C14H17N3O3S2/c1-3-22(19,20)11-8-17(9-11)13(18)12-10(2)15-14(21-12)16-6-4-5-7-16/h4-7,11H,3,8-9H2,1-2H3. The summed E-state index contributed by atoms with van der Waals surface area (Å²) in [5.41, 5.74) is 0.681. The van der Waals surface area contributed by atoms with Crippen molar-refractivity contribution >= 4 is 27.1 Å². The van der Waals surface area contributed by atoms with E-state index in [-0.39, 0.29) is 24.7 Å². The van der Waals surface area contributed by atoms with Crippen molar-refractivity contribution in [2.75, 3.05) is 18.8 Å². The highest BCUT2D eigenvalue weighted by atomic mass is 32.2. The predicted molar refractivity (Wildman–Crippen MR) is 85.3 cm³/mol. The summed E-state index contributed by atoms with van der Waals surface area (Å²) in [7, 11) is -3.06. The zero-order chi connectivity index (χ0) is 15.9. The zero-order valence-electron chi connectivity index (χ0n) is 12.4. The second-order valence-corrected chi connectivity index (χ2v) is 8.83. The molecule has 0 atom stereocenters. The van der Waals surface area contributed by atoms with Gasteiger partial charge < -0.3 is 9.47 Å². The average molecular weight is 339 g/mol.